The second kappa shape index (κ2) is 2.47. The summed E-state index contributed by atoms with van der Waals surface area (Å²) in [5, 5.41) is -0.938. The zero-order valence-corrected chi connectivity index (χ0v) is 6.40. The molecule has 1 rings (SSSR count). The van der Waals surface area contributed by atoms with Gasteiger partial charge >= 0.3 is 10.2 Å². The normalized spacial score (nSPS) is 34.6. The second-order valence-corrected chi connectivity index (χ2v) is 4.09. The van der Waals surface area contributed by atoms with E-state index in [4.69, 9.17) is 4.74 Å². The number of rotatable bonds is 1. The Labute approximate surface area is 59.4 Å². The van der Waals surface area contributed by atoms with Crippen LogP contribution in [0.1, 0.15) is 6.92 Å². The van der Waals surface area contributed by atoms with Crippen LogP contribution in [0.25, 0.3) is 0 Å². The summed E-state index contributed by atoms with van der Waals surface area (Å²) in [6, 6.07) is 0. The van der Waals surface area contributed by atoms with Crippen molar-refractivity contribution in [2.75, 3.05) is 13.2 Å². The standard InChI is InChI=1S/C5H9FO3S/c1-4-2-9-3-5(4)10(6,7)8/h4-5H,2-3H2,1H3/t4-,5+/m0/s1. The third-order valence-electron chi connectivity index (χ3n) is 1.66. The van der Waals surface area contributed by atoms with Crippen LogP contribution in [-0.2, 0) is 15.0 Å². The molecule has 0 radical (unpaired) electrons. The lowest BCUT2D eigenvalue weighted by atomic mass is 10.2. The van der Waals surface area contributed by atoms with E-state index in [0.29, 0.717) is 6.61 Å². The first-order chi connectivity index (χ1) is 4.52. The molecule has 60 valence electrons. The third kappa shape index (κ3) is 1.46. The quantitative estimate of drug-likeness (QED) is 0.529. The zero-order valence-electron chi connectivity index (χ0n) is 5.58. The highest BCUT2D eigenvalue weighted by atomic mass is 32.3. The van der Waals surface area contributed by atoms with Gasteiger partial charge in [0, 0.05) is 5.92 Å². The molecule has 0 aromatic rings. The van der Waals surface area contributed by atoms with Crippen molar-refractivity contribution < 1.29 is 17.0 Å². The van der Waals surface area contributed by atoms with Crippen LogP contribution in [0.15, 0.2) is 0 Å². The Morgan fingerprint density at radius 1 is 1.50 bits per heavy atom. The lowest BCUT2D eigenvalue weighted by molar-refractivity contribution is 0.188. The highest BCUT2D eigenvalue weighted by Crippen LogP contribution is 2.21. The summed E-state index contributed by atoms with van der Waals surface area (Å²) >= 11 is 0. The predicted molar refractivity (Wildman–Crippen MR) is 33.8 cm³/mol. The van der Waals surface area contributed by atoms with Crippen LogP contribution in [0.3, 0.4) is 0 Å². The molecule has 0 N–H and O–H groups in total. The molecule has 0 amide bonds. The van der Waals surface area contributed by atoms with Crippen LogP contribution in [0, 0.1) is 5.92 Å². The summed E-state index contributed by atoms with van der Waals surface area (Å²) in [6.45, 7) is 2.00. The zero-order chi connectivity index (χ0) is 7.78. The Morgan fingerprint density at radius 3 is 2.30 bits per heavy atom. The van der Waals surface area contributed by atoms with Gasteiger partial charge in [-0.3, -0.25) is 0 Å². The molecule has 0 aromatic carbocycles. The Hall–Kier alpha value is -0.160. The lowest BCUT2D eigenvalue weighted by Crippen LogP contribution is -2.23. The van der Waals surface area contributed by atoms with Crippen LogP contribution in [0.2, 0.25) is 0 Å². The van der Waals surface area contributed by atoms with Crippen LogP contribution in [0.4, 0.5) is 3.89 Å². The highest BCUT2D eigenvalue weighted by Gasteiger charge is 2.35. The molecule has 0 spiro atoms. The average Bonchev–Trinajstić information content (AvgIpc) is 2.11. The SMILES string of the molecule is C[C@H]1COC[C@H]1S(=O)(=O)F. The van der Waals surface area contributed by atoms with E-state index in [9.17, 15) is 12.3 Å². The van der Waals surface area contributed by atoms with Gasteiger partial charge in [0.1, 0.15) is 5.25 Å². The number of hydrogen-bond donors (Lipinski definition) is 0. The second-order valence-electron chi connectivity index (χ2n) is 2.53. The van der Waals surface area contributed by atoms with Gasteiger partial charge in [-0.05, 0) is 0 Å². The average molecular weight is 168 g/mol. The van der Waals surface area contributed by atoms with Gasteiger partial charge in [0.15, 0.2) is 0 Å². The molecule has 0 unspecified atom stereocenters. The van der Waals surface area contributed by atoms with Crippen LogP contribution in [0.5, 0.6) is 0 Å². The first-order valence-corrected chi connectivity index (χ1v) is 4.47. The summed E-state index contributed by atoms with van der Waals surface area (Å²) in [7, 11) is -4.38. The van der Waals surface area contributed by atoms with E-state index in [-0.39, 0.29) is 12.5 Å². The molecule has 3 nitrogen and oxygen atoms in total. The minimum atomic E-state index is -4.38. The number of ether oxygens (including phenoxy) is 1. The molecule has 0 aliphatic carbocycles. The van der Waals surface area contributed by atoms with Gasteiger partial charge in [0.2, 0.25) is 0 Å². The Bertz CT molecular complexity index is 211. The largest absolute Gasteiger partial charge is 0.380 e. The van der Waals surface area contributed by atoms with Gasteiger partial charge in [-0.15, -0.1) is 3.89 Å². The first kappa shape index (κ1) is 7.94. The van der Waals surface area contributed by atoms with Crippen molar-refractivity contribution in [3.63, 3.8) is 0 Å². The molecule has 2 atom stereocenters. The van der Waals surface area contributed by atoms with Crippen LogP contribution in [-0.4, -0.2) is 26.9 Å². The fraction of sp³-hybridized carbons (Fsp3) is 1.00. The Kier molecular flexibility index (Phi) is 1.96. The van der Waals surface area contributed by atoms with Crippen LogP contribution < -0.4 is 0 Å². The van der Waals surface area contributed by atoms with Crippen molar-refractivity contribution in [2.24, 2.45) is 5.92 Å². The van der Waals surface area contributed by atoms with Crippen molar-refractivity contribution in [3.8, 4) is 0 Å². The minimum absolute atomic E-state index is 0. The molecule has 10 heavy (non-hydrogen) atoms. The third-order valence-corrected chi connectivity index (χ3v) is 2.98. The van der Waals surface area contributed by atoms with Crippen LogP contribution >= 0.6 is 0 Å². The summed E-state index contributed by atoms with van der Waals surface area (Å²) < 4.78 is 37.6. The van der Waals surface area contributed by atoms with Gasteiger partial charge in [-0.25, -0.2) is 0 Å². The molecule has 1 fully saturated rings. The van der Waals surface area contributed by atoms with Crippen molar-refractivity contribution in [3.05, 3.63) is 0 Å². The molecular weight excluding hydrogens is 159 g/mol. The Balaban J connectivity index is 2.74. The summed E-state index contributed by atoms with van der Waals surface area (Å²) in [5.41, 5.74) is 0. The monoisotopic (exact) mass is 168 g/mol. The molecule has 1 aliphatic rings. The molecule has 5 heteroatoms. The van der Waals surface area contributed by atoms with E-state index in [1.807, 2.05) is 0 Å². The molecule has 1 saturated heterocycles. The fourth-order valence-electron chi connectivity index (χ4n) is 1.00. The molecule has 0 aromatic heterocycles. The van der Waals surface area contributed by atoms with E-state index < -0.39 is 15.5 Å². The maximum atomic E-state index is 12.2. The summed E-state index contributed by atoms with van der Waals surface area (Å²) in [5.74, 6) is -0.213. The maximum absolute atomic E-state index is 12.2. The first-order valence-electron chi connectivity index (χ1n) is 3.03. The lowest BCUT2D eigenvalue weighted by Gasteiger charge is -2.05. The van der Waals surface area contributed by atoms with Gasteiger partial charge < -0.3 is 4.74 Å². The van der Waals surface area contributed by atoms with E-state index >= 15 is 0 Å². The van der Waals surface area contributed by atoms with Crippen molar-refractivity contribution in [2.45, 2.75) is 12.2 Å². The fourth-order valence-corrected chi connectivity index (χ4v) is 1.89. The summed E-state index contributed by atoms with van der Waals surface area (Å²) in [6.07, 6.45) is 0. The van der Waals surface area contributed by atoms with E-state index in [0.717, 1.165) is 0 Å². The molecule has 1 aliphatic heterocycles. The predicted octanol–water partition coefficient (Wildman–Crippen LogP) is 0.321. The smallest absolute Gasteiger partial charge is 0.307 e. The summed E-state index contributed by atoms with van der Waals surface area (Å²) in [4.78, 5) is 0. The minimum Gasteiger partial charge on any atom is -0.380 e. The van der Waals surface area contributed by atoms with Gasteiger partial charge in [-0.2, -0.15) is 8.42 Å². The molecular formula is C5H9FO3S. The van der Waals surface area contributed by atoms with E-state index in [1.54, 1.807) is 6.92 Å². The topological polar surface area (TPSA) is 43.4 Å². The van der Waals surface area contributed by atoms with Gasteiger partial charge in [-0.1, -0.05) is 6.92 Å². The molecule has 0 bridgehead atoms. The highest BCUT2D eigenvalue weighted by molar-refractivity contribution is 7.87. The van der Waals surface area contributed by atoms with Crippen molar-refractivity contribution in [1.29, 1.82) is 0 Å². The maximum Gasteiger partial charge on any atom is 0.307 e. The van der Waals surface area contributed by atoms with E-state index in [1.165, 1.54) is 0 Å². The number of halogens is 1. The molecule has 1 heterocycles. The van der Waals surface area contributed by atoms with Crippen molar-refractivity contribution in [1.82, 2.24) is 0 Å². The van der Waals surface area contributed by atoms with Crippen molar-refractivity contribution >= 4 is 10.2 Å². The van der Waals surface area contributed by atoms with Gasteiger partial charge in [0.25, 0.3) is 0 Å². The van der Waals surface area contributed by atoms with E-state index in [2.05, 4.69) is 0 Å². The molecule has 0 saturated carbocycles. The number of hydrogen-bond acceptors (Lipinski definition) is 3. The van der Waals surface area contributed by atoms with Gasteiger partial charge in [0.05, 0.1) is 13.2 Å². The Morgan fingerprint density at radius 2 is 2.10 bits per heavy atom.